The normalized spacial score (nSPS) is 19.6. The van der Waals surface area contributed by atoms with Gasteiger partial charge in [-0.2, -0.15) is 30.9 Å². The van der Waals surface area contributed by atoms with Gasteiger partial charge in [0, 0.05) is 37.5 Å². The van der Waals surface area contributed by atoms with Crippen LogP contribution in [0.5, 0.6) is 0 Å². The molecule has 13 heteroatoms. The quantitative estimate of drug-likeness (QED) is 0.426. The standard InChI is InChI=1S/C24H32F3N5O4S/c1-4-5-9-23(16-28-3)10-6-12-32(13-11-23)37(34,35)31-21(33)20-15-36-22(30-20)29-19-14-18(24(25,26)27)8-7-17(19)2/h7-8,14-16H,4-6,9-13H2,1-3H3,(H,29,30)(H,31,33). The summed E-state index contributed by atoms with van der Waals surface area (Å²) in [6.45, 7) is 4.19. The van der Waals surface area contributed by atoms with Gasteiger partial charge in [-0.1, -0.05) is 25.8 Å². The Labute approximate surface area is 214 Å². The lowest BCUT2D eigenvalue weighted by Crippen LogP contribution is -2.44. The Morgan fingerprint density at radius 3 is 2.73 bits per heavy atom. The highest BCUT2D eigenvalue weighted by Crippen LogP contribution is 2.36. The SMILES string of the molecule is CCCCC1(C=NC)CCCN(S(=O)(=O)NC(=O)c2coc(Nc3cc(C(F)(F)F)ccc3C)n2)CC1. The lowest BCUT2D eigenvalue weighted by Gasteiger charge is -2.28. The van der Waals surface area contributed by atoms with Crippen molar-refractivity contribution in [2.24, 2.45) is 10.4 Å². The summed E-state index contributed by atoms with van der Waals surface area (Å²) in [5, 5.41) is 2.60. The van der Waals surface area contributed by atoms with Crippen LogP contribution in [-0.2, 0) is 16.4 Å². The monoisotopic (exact) mass is 543 g/mol. The number of aromatic nitrogens is 1. The molecule has 0 radical (unpaired) electrons. The Bertz CT molecular complexity index is 1230. The van der Waals surface area contributed by atoms with Crippen molar-refractivity contribution in [3.05, 3.63) is 41.3 Å². The van der Waals surface area contributed by atoms with Gasteiger partial charge in [0.05, 0.1) is 5.56 Å². The van der Waals surface area contributed by atoms with E-state index in [0.717, 1.165) is 44.1 Å². The summed E-state index contributed by atoms with van der Waals surface area (Å²) in [6.07, 6.45) is 3.30. The number of hydrogen-bond acceptors (Lipinski definition) is 7. The Kier molecular flexibility index (Phi) is 9.00. The molecule has 1 aromatic heterocycles. The summed E-state index contributed by atoms with van der Waals surface area (Å²) < 4.78 is 73.4. The molecule has 2 aromatic rings. The van der Waals surface area contributed by atoms with E-state index in [0.29, 0.717) is 18.4 Å². The van der Waals surface area contributed by atoms with Gasteiger partial charge in [-0.15, -0.1) is 0 Å². The molecule has 3 rings (SSSR count). The van der Waals surface area contributed by atoms with Gasteiger partial charge in [-0.3, -0.25) is 4.79 Å². The summed E-state index contributed by atoms with van der Waals surface area (Å²) in [5.74, 6) is -1.01. The molecule has 37 heavy (non-hydrogen) atoms. The number of hydrogen-bond donors (Lipinski definition) is 2. The van der Waals surface area contributed by atoms with Gasteiger partial charge in [0.2, 0.25) is 0 Å². The van der Waals surface area contributed by atoms with Crippen LogP contribution in [0.15, 0.2) is 33.9 Å². The predicted molar refractivity (Wildman–Crippen MR) is 134 cm³/mol. The molecule has 204 valence electrons. The number of aliphatic imine (C=N–C) groups is 1. The highest BCUT2D eigenvalue weighted by Gasteiger charge is 2.35. The van der Waals surface area contributed by atoms with Gasteiger partial charge in [0.1, 0.15) is 6.26 Å². The van der Waals surface area contributed by atoms with Crippen molar-refractivity contribution in [1.29, 1.82) is 0 Å². The second-order valence-electron chi connectivity index (χ2n) is 9.23. The number of nitrogens with zero attached hydrogens (tertiary/aromatic N) is 3. The molecule has 9 nitrogen and oxygen atoms in total. The van der Waals surface area contributed by atoms with Gasteiger partial charge in [0.15, 0.2) is 5.69 Å². The van der Waals surface area contributed by atoms with Gasteiger partial charge in [-0.05, 0) is 50.3 Å². The first-order valence-corrected chi connectivity index (χ1v) is 13.5. The molecule has 1 amide bonds. The summed E-state index contributed by atoms with van der Waals surface area (Å²) in [4.78, 5) is 20.7. The predicted octanol–water partition coefficient (Wildman–Crippen LogP) is 5.08. The molecule has 0 bridgehead atoms. The van der Waals surface area contributed by atoms with Crippen LogP contribution in [0, 0.1) is 12.3 Å². The fraction of sp³-hybridized carbons (Fsp3) is 0.542. The van der Waals surface area contributed by atoms with Crippen LogP contribution < -0.4 is 10.0 Å². The number of nitrogens with one attached hydrogen (secondary N) is 2. The summed E-state index contributed by atoms with van der Waals surface area (Å²) in [6, 6.07) is 2.89. The minimum Gasteiger partial charge on any atom is -0.431 e. The molecule has 1 fully saturated rings. The first-order chi connectivity index (χ1) is 17.4. The number of benzene rings is 1. The highest BCUT2D eigenvalue weighted by molar-refractivity contribution is 7.87. The first kappa shape index (κ1) is 28.6. The Balaban J connectivity index is 1.68. The molecule has 1 aliphatic heterocycles. The van der Waals surface area contributed by atoms with E-state index in [1.54, 1.807) is 14.0 Å². The number of halogens is 3. The summed E-state index contributed by atoms with van der Waals surface area (Å²) >= 11 is 0. The van der Waals surface area contributed by atoms with Crippen LogP contribution in [-0.4, -0.2) is 50.0 Å². The van der Waals surface area contributed by atoms with Crippen molar-refractivity contribution in [3.63, 3.8) is 0 Å². The van der Waals surface area contributed by atoms with Gasteiger partial charge < -0.3 is 14.7 Å². The second kappa shape index (κ2) is 11.6. The number of anilines is 2. The Hall–Kier alpha value is -2.93. The van der Waals surface area contributed by atoms with Crippen LogP contribution in [0.25, 0.3) is 0 Å². The van der Waals surface area contributed by atoms with Crippen molar-refractivity contribution in [3.8, 4) is 0 Å². The molecule has 0 spiro atoms. The van der Waals surface area contributed by atoms with Crippen LogP contribution in [0.1, 0.15) is 67.1 Å². The average Bonchev–Trinajstić information content (AvgIpc) is 3.18. The third kappa shape index (κ3) is 7.31. The molecule has 1 atom stereocenters. The molecule has 1 aliphatic rings. The van der Waals surface area contributed by atoms with Crippen LogP contribution >= 0.6 is 0 Å². The van der Waals surface area contributed by atoms with E-state index < -0.39 is 27.9 Å². The largest absolute Gasteiger partial charge is 0.431 e. The maximum Gasteiger partial charge on any atom is 0.416 e. The second-order valence-corrected chi connectivity index (χ2v) is 10.9. The maximum absolute atomic E-state index is 13.0. The maximum atomic E-state index is 13.0. The van der Waals surface area contributed by atoms with Crippen LogP contribution in [0.2, 0.25) is 0 Å². The lowest BCUT2D eigenvalue weighted by molar-refractivity contribution is -0.137. The number of amides is 1. The van der Waals surface area contributed by atoms with Gasteiger partial charge in [0.25, 0.3) is 11.9 Å². The van der Waals surface area contributed by atoms with E-state index in [1.165, 1.54) is 10.4 Å². The number of carbonyl (C=O) groups is 1. The third-order valence-corrected chi connectivity index (χ3v) is 7.97. The molecular formula is C24H32F3N5O4S. The van der Waals surface area contributed by atoms with E-state index in [9.17, 15) is 26.4 Å². The van der Waals surface area contributed by atoms with E-state index in [2.05, 4.69) is 22.2 Å². The van der Waals surface area contributed by atoms with Crippen molar-refractivity contribution in [1.82, 2.24) is 14.0 Å². The molecule has 1 aromatic carbocycles. The molecule has 1 saturated heterocycles. The Morgan fingerprint density at radius 2 is 2.05 bits per heavy atom. The lowest BCUT2D eigenvalue weighted by atomic mass is 9.77. The van der Waals surface area contributed by atoms with Crippen molar-refractivity contribution in [2.45, 2.75) is 58.5 Å². The fourth-order valence-corrected chi connectivity index (χ4v) is 5.57. The number of unbranched alkanes of at least 4 members (excludes halogenated alkanes) is 1. The highest BCUT2D eigenvalue weighted by atomic mass is 32.2. The molecular weight excluding hydrogens is 511 g/mol. The van der Waals surface area contributed by atoms with Crippen LogP contribution in [0.4, 0.5) is 24.9 Å². The van der Waals surface area contributed by atoms with Crippen LogP contribution in [0.3, 0.4) is 0 Å². The summed E-state index contributed by atoms with van der Waals surface area (Å²) in [7, 11) is -2.44. The van der Waals surface area contributed by atoms with E-state index in [1.807, 2.05) is 10.9 Å². The minimum atomic E-state index is -4.54. The smallest absolute Gasteiger partial charge is 0.416 e. The van der Waals surface area contributed by atoms with E-state index in [-0.39, 0.29) is 35.9 Å². The summed E-state index contributed by atoms with van der Waals surface area (Å²) in [5.41, 5.74) is -0.793. The number of aryl methyl sites for hydroxylation is 1. The first-order valence-electron chi connectivity index (χ1n) is 12.0. The number of alkyl halides is 3. The molecule has 0 saturated carbocycles. The molecule has 2 heterocycles. The van der Waals surface area contributed by atoms with E-state index in [4.69, 9.17) is 4.42 Å². The zero-order valence-electron chi connectivity index (χ0n) is 21.1. The van der Waals surface area contributed by atoms with Gasteiger partial charge >= 0.3 is 16.4 Å². The van der Waals surface area contributed by atoms with Crippen molar-refractivity contribution >= 4 is 34.0 Å². The molecule has 1 unspecified atom stereocenters. The van der Waals surface area contributed by atoms with Crippen molar-refractivity contribution in [2.75, 3.05) is 25.5 Å². The fourth-order valence-electron chi connectivity index (χ4n) is 4.40. The average molecular weight is 544 g/mol. The van der Waals surface area contributed by atoms with Gasteiger partial charge in [-0.25, -0.2) is 4.72 Å². The topological polar surface area (TPSA) is 117 Å². The Morgan fingerprint density at radius 1 is 1.30 bits per heavy atom. The molecule has 0 aliphatic carbocycles. The third-order valence-electron chi connectivity index (χ3n) is 6.48. The zero-order valence-corrected chi connectivity index (χ0v) is 21.9. The number of rotatable bonds is 9. The molecule has 2 N–H and O–H groups in total. The minimum absolute atomic E-state index is 0.0861. The van der Waals surface area contributed by atoms with Crippen molar-refractivity contribution < 1.29 is 30.8 Å². The van der Waals surface area contributed by atoms with E-state index >= 15 is 0 Å². The number of oxazole rings is 1. The number of carbonyl (C=O) groups excluding carboxylic acids is 1. The zero-order chi connectivity index (χ0) is 27.3.